The zero-order valence-electron chi connectivity index (χ0n) is 10.8. The first-order chi connectivity index (χ1) is 10.1. The van der Waals surface area contributed by atoms with Crippen molar-refractivity contribution in [2.75, 3.05) is 6.26 Å². The molecule has 0 bridgehead atoms. The number of halogens is 2. The summed E-state index contributed by atoms with van der Waals surface area (Å²) in [6.45, 7) is 0. The molecule has 0 fully saturated rings. The number of fused-ring (bicyclic) bond motifs is 1. The number of benzene rings is 1. The van der Waals surface area contributed by atoms with E-state index in [9.17, 15) is 9.50 Å². The van der Waals surface area contributed by atoms with E-state index in [1.807, 2.05) is 6.26 Å². The number of rotatable bonds is 2. The van der Waals surface area contributed by atoms with Crippen LogP contribution in [0.2, 0.25) is 5.15 Å². The SMILES string of the molecule is CSc1nc(-c2ccc(O)cc2)c2cnc(Cl)c(F)c2n1. The summed E-state index contributed by atoms with van der Waals surface area (Å²) in [5, 5.41) is 10.1. The number of hydrogen-bond donors (Lipinski definition) is 1. The van der Waals surface area contributed by atoms with Crippen molar-refractivity contribution in [3.8, 4) is 17.0 Å². The number of thioether (sulfide) groups is 1. The van der Waals surface area contributed by atoms with E-state index in [2.05, 4.69) is 15.0 Å². The average molecular weight is 322 g/mol. The number of pyridine rings is 1. The number of aromatic hydroxyl groups is 1. The first-order valence-electron chi connectivity index (χ1n) is 5.95. The molecule has 3 rings (SSSR count). The number of aromatic nitrogens is 3. The Morgan fingerprint density at radius 2 is 1.90 bits per heavy atom. The molecule has 7 heteroatoms. The van der Waals surface area contributed by atoms with Crippen molar-refractivity contribution in [3.05, 3.63) is 41.4 Å². The second-order valence-electron chi connectivity index (χ2n) is 4.23. The third-order valence-corrected chi connectivity index (χ3v) is 3.76. The van der Waals surface area contributed by atoms with Gasteiger partial charge in [0, 0.05) is 17.1 Å². The molecule has 0 saturated carbocycles. The summed E-state index contributed by atoms with van der Waals surface area (Å²) in [7, 11) is 0. The minimum Gasteiger partial charge on any atom is -0.508 e. The molecule has 0 amide bonds. The lowest BCUT2D eigenvalue weighted by Crippen LogP contribution is -1.97. The Labute approximate surface area is 129 Å². The number of phenolic OH excluding ortho intramolecular Hbond substituents is 1. The topological polar surface area (TPSA) is 58.9 Å². The van der Waals surface area contributed by atoms with Crippen LogP contribution >= 0.6 is 23.4 Å². The van der Waals surface area contributed by atoms with Crippen LogP contribution in [-0.2, 0) is 0 Å². The second kappa shape index (κ2) is 5.46. The molecule has 21 heavy (non-hydrogen) atoms. The summed E-state index contributed by atoms with van der Waals surface area (Å²) in [6, 6.07) is 6.49. The lowest BCUT2D eigenvalue weighted by atomic mass is 10.1. The molecule has 1 N–H and O–H groups in total. The Hall–Kier alpha value is -1.92. The van der Waals surface area contributed by atoms with Crippen LogP contribution in [-0.4, -0.2) is 26.3 Å². The van der Waals surface area contributed by atoms with Gasteiger partial charge in [-0.1, -0.05) is 23.4 Å². The van der Waals surface area contributed by atoms with Gasteiger partial charge in [0.2, 0.25) is 0 Å². The van der Waals surface area contributed by atoms with E-state index in [-0.39, 0.29) is 16.4 Å². The Bertz CT molecular complexity index is 827. The third kappa shape index (κ3) is 2.52. The maximum absolute atomic E-state index is 14.1. The van der Waals surface area contributed by atoms with E-state index in [0.717, 1.165) is 5.56 Å². The highest BCUT2D eigenvalue weighted by atomic mass is 35.5. The molecule has 2 heterocycles. The molecule has 0 saturated heterocycles. The highest BCUT2D eigenvalue weighted by Crippen LogP contribution is 2.31. The summed E-state index contributed by atoms with van der Waals surface area (Å²) in [6.07, 6.45) is 3.26. The predicted molar refractivity (Wildman–Crippen MR) is 81.2 cm³/mol. The molecule has 4 nitrogen and oxygen atoms in total. The van der Waals surface area contributed by atoms with Gasteiger partial charge in [0.15, 0.2) is 16.1 Å². The Morgan fingerprint density at radius 3 is 2.57 bits per heavy atom. The van der Waals surface area contributed by atoms with Gasteiger partial charge in [-0.2, -0.15) is 0 Å². The standard InChI is InChI=1S/C14H9ClFN3OS/c1-21-14-18-11(7-2-4-8(20)5-3-7)9-6-17-13(15)10(16)12(9)19-14/h2-6,20H,1H3. The van der Waals surface area contributed by atoms with Crippen LogP contribution in [0, 0.1) is 5.82 Å². The van der Waals surface area contributed by atoms with Crippen LogP contribution in [0.25, 0.3) is 22.2 Å². The molecule has 0 aliphatic heterocycles. The van der Waals surface area contributed by atoms with Crippen LogP contribution in [0.3, 0.4) is 0 Å². The van der Waals surface area contributed by atoms with Crippen LogP contribution in [0.15, 0.2) is 35.6 Å². The van der Waals surface area contributed by atoms with Crippen LogP contribution in [0.1, 0.15) is 0 Å². The highest BCUT2D eigenvalue weighted by molar-refractivity contribution is 7.98. The molecule has 0 atom stereocenters. The van der Waals surface area contributed by atoms with Crippen molar-refractivity contribution in [1.82, 2.24) is 15.0 Å². The minimum atomic E-state index is -0.660. The Balaban J connectivity index is 2.35. The molecular weight excluding hydrogens is 313 g/mol. The largest absolute Gasteiger partial charge is 0.508 e. The van der Waals surface area contributed by atoms with Gasteiger partial charge in [-0.3, -0.25) is 0 Å². The van der Waals surface area contributed by atoms with Crippen LogP contribution < -0.4 is 0 Å². The lowest BCUT2D eigenvalue weighted by Gasteiger charge is -2.08. The maximum atomic E-state index is 14.1. The van der Waals surface area contributed by atoms with Crippen molar-refractivity contribution < 1.29 is 9.50 Å². The van der Waals surface area contributed by atoms with Gasteiger partial charge in [-0.15, -0.1) is 0 Å². The van der Waals surface area contributed by atoms with Crippen LogP contribution in [0.4, 0.5) is 4.39 Å². The number of phenols is 1. The van der Waals surface area contributed by atoms with Crippen molar-refractivity contribution in [1.29, 1.82) is 0 Å². The first-order valence-corrected chi connectivity index (χ1v) is 7.55. The number of nitrogens with zero attached hydrogens (tertiary/aromatic N) is 3. The summed E-state index contributed by atoms with van der Waals surface area (Å²) >= 11 is 7.02. The molecule has 2 aromatic heterocycles. The van der Waals surface area contributed by atoms with Gasteiger partial charge >= 0.3 is 0 Å². The molecular formula is C14H9ClFN3OS. The zero-order chi connectivity index (χ0) is 15.0. The van der Waals surface area contributed by atoms with Crippen molar-refractivity contribution >= 4 is 34.3 Å². The van der Waals surface area contributed by atoms with Crippen LogP contribution in [0.5, 0.6) is 5.75 Å². The van der Waals surface area contributed by atoms with E-state index >= 15 is 0 Å². The monoisotopic (exact) mass is 321 g/mol. The van der Waals surface area contributed by atoms with Gasteiger partial charge in [0.05, 0.1) is 5.69 Å². The normalized spacial score (nSPS) is 11.0. The van der Waals surface area contributed by atoms with E-state index < -0.39 is 5.82 Å². The van der Waals surface area contributed by atoms with Gasteiger partial charge in [-0.25, -0.2) is 19.3 Å². The second-order valence-corrected chi connectivity index (χ2v) is 5.36. The van der Waals surface area contributed by atoms with E-state index in [1.165, 1.54) is 18.0 Å². The van der Waals surface area contributed by atoms with E-state index in [1.54, 1.807) is 24.3 Å². The molecule has 0 spiro atoms. The Kier molecular flexibility index (Phi) is 3.65. The smallest absolute Gasteiger partial charge is 0.188 e. The van der Waals surface area contributed by atoms with Gasteiger partial charge < -0.3 is 5.11 Å². The van der Waals surface area contributed by atoms with Gasteiger partial charge in [0.25, 0.3) is 0 Å². The fraction of sp³-hybridized carbons (Fsp3) is 0.0714. The van der Waals surface area contributed by atoms with Gasteiger partial charge in [0.1, 0.15) is 11.3 Å². The summed E-state index contributed by atoms with van der Waals surface area (Å²) in [5.41, 5.74) is 1.42. The van der Waals surface area contributed by atoms with Crippen molar-refractivity contribution in [2.45, 2.75) is 5.16 Å². The first kappa shape index (κ1) is 14.0. The molecule has 106 valence electrons. The maximum Gasteiger partial charge on any atom is 0.188 e. The summed E-state index contributed by atoms with van der Waals surface area (Å²) < 4.78 is 14.1. The molecule has 1 aromatic carbocycles. The molecule has 0 aliphatic carbocycles. The lowest BCUT2D eigenvalue weighted by molar-refractivity contribution is 0.475. The molecule has 0 aliphatic rings. The quantitative estimate of drug-likeness (QED) is 0.440. The third-order valence-electron chi connectivity index (χ3n) is 2.94. The molecule has 0 unspecified atom stereocenters. The summed E-state index contributed by atoms with van der Waals surface area (Å²) in [4.78, 5) is 12.4. The minimum absolute atomic E-state index is 0.137. The highest BCUT2D eigenvalue weighted by Gasteiger charge is 2.15. The number of hydrogen-bond acceptors (Lipinski definition) is 5. The zero-order valence-corrected chi connectivity index (χ0v) is 12.4. The van der Waals surface area contributed by atoms with Gasteiger partial charge in [-0.05, 0) is 30.5 Å². The summed E-state index contributed by atoms with van der Waals surface area (Å²) in [5.74, 6) is -0.513. The molecule has 3 aromatic rings. The fourth-order valence-electron chi connectivity index (χ4n) is 1.94. The van der Waals surface area contributed by atoms with Crippen molar-refractivity contribution in [2.24, 2.45) is 0 Å². The Morgan fingerprint density at radius 1 is 1.19 bits per heavy atom. The van der Waals surface area contributed by atoms with E-state index in [0.29, 0.717) is 16.2 Å². The fourth-order valence-corrected chi connectivity index (χ4v) is 2.45. The average Bonchev–Trinajstić information content (AvgIpc) is 2.51. The predicted octanol–water partition coefficient (Wildman–Crippen LogP) is 3.91. The molecule has 0 radical (unpaired) electrons. The van der Waals surface area contributed by atoms with Crippen molar-refractivity contribution in [3.63, 3.8) is 0 Å². The van der Waals surface area contributed by atoms with E-state index in [4.69, 9.17) is 11.6 Å².